The van der Waals surface area contributed by atoms with E-state index in [4.69, 9.17) is 5.11 Å². The van der Waals surface area contributed by atoms with Gasteiger partial charge in [-0.2, -0.15) is 0 Å². The number of carbonyl (C=O) groups is 1. The molecular formula is C13H17N3O2. The lowest BCUT2D eigenvalue weighted by atomic mass is 10.2. The molecule has 0 aliphatic heterocycles. The Morgan fingerprint density at radius 2 is 2.17 bits per heavy atom. The second-order valence-electron chi connectivity index (χ2n) is 4.74. The van der Waals surface area contributed by atoms with E-state index in [9.17, 15) is 4.79 Å². The van der Waals surface area contributed by atoms with Crippen molar-refractivity contribution in [2.45, 2.75) is 20.0 Å². The summed E-state index contributed by atoms with van der Waals surface area (Å²) >= 11 is 0. The van der Waals surface area contributed by atoms with E-state index in [0.717, 1.165) is 22.4 Å². The number of benzene rings is 1. The van der Waals surface area contributed by atoms with Gasteiger partial charge in [-0.15, -0.1) is 0 Å². The summed E-state index contributed by atoms with van der Waals surface area (Å²) in [5.74, 6) is -0.0714. The molecule has 0 fully saturated rings. The van der Waals surface area contributed by atoms with Gasteiger partial charge in [0.1, 0.15) is 12.4 Å². The van der Waals surface area contributed by atoms with Crippen molar-refractivity contribution in [1.82, 2.24) is 14.5 Å². The van der Waals surface area contributed by atoms with E-state index < -0.39 is 5.97 Å². The number of aromatic nitrogens is 2. The van der Waals surface area contributed by atoms with E-state index in [1.807, 2.05) is 44.1 Å². The van der Waals surface area contributed by atoms with Gasteiger partial charge in [0.2, 0.25) is 0 Å². The lowest BCUT2D eigenvalue weighted by Crippen LogP contribution is -2.18. The lowest BCUT2D eigenvalue weighted by molar-refractivity contribution is -0.137. The van der Waals surface area contributed by atoms with Crippen molar-refractivity contribution in [2.24, 2.45) is 0 Å². The van der Waals surface area contributed by atoms with Crippen LogP contribution in [0.25, 0.3) is 11.0 Å². The van der Waals surface area contributed by atoms with Crippen LogP contribution in [0, 0.1) is 6.92 Å². The van der Waals surface area contributed by atoms with E-state index in [1.54, 1.807) is 4.57 Å². The summed E-state index contributed by atoms with van der Waals surface area (Å²) in [6.45, 7) is 2.57. The highest BCUT2D eigenvalue weighted by atomic mass is 16.4. The summed E-state index contributed by atoms with van der Waals surface area (Å²) in [4.78, 5) is 17.5. The number of carboxylic acid groups (broad SMARTS) is 1. The molecule has 0 saturated heterocycles. The molecular weight excluding hydrogens is 230 g/mol. The van der Waals surface area contributed by atoms with Gasteiger partial charge in [-0.3, -0.25) is 4.79 Å². The highest BCUT2D eigenvalue weighted by Crippen LogP contribution is 2.18. The molecule has 0 aliphatic rings. The molecule has 1 N–H and O–H groups in total. The predicted molar refractivity (Wildman–Crippen MR) is 69.5 cm³/mol. The van der Waals surface area contributed by atoms with E-state index in [-0.39, 0.29) is 6.54 Å². The quantitative estimate of drug-likeness (QED) is 0.889. The fourth-order valence-corrected chi connectivity index (χ4v) is 2.00. The average molecular weight is 247 g/mol. The molecule has 2 rings (SSSR count). The van der Waals surface area contributed by atoms with Crippen LogP contribution in [0.2, 0.25) is 0 Å². The SMILES string of the molecule is Cc1ccc2c(c1)nc(CN(C)C)n2CC(=O)O. The van der Waals surface area contributed by atoms with Crippen LogP contribution < -0.4 is 0 Å². The average Bonchev–Trinajstić information content (AvgIpc) is 2.54. The third-order valence-corrected chi connectivity index (χ3v) is 2.73. The molecule has 0 aliphatic carbocycles. The molecule has 0 spiro atoms. The highest BCUT2D eigenvalue weighted by molar-refractivity contribution is 5.79. The first kappa shape index (κ1) is 12.6. The monoisotopic (exact) mass is 247 g/mol. The van der Waals surface area contributed by atoms with Crippen LogP contribution in [-0.4, -0.2) is 39.6 Å². The number of aliphatic carboxylic acids is 1. The van der Waals surface area contributed by atoms with Gasteiger partial charge in [0.15, 0.2) is 0 Å². The minimum atomic E-state index is -0.852. The van der Waals surface area contributed by atoms with Crippen molar-refractivity contribution in [1.29, 1.82) is 0 Å². The van der Waals surface area contributed by atoms with Gasteiger partial charge < -0.3 is 14.6 Å². The summed E-state index contributed by atoms with van der Waals surface area (Å²) in [5, 5.41) is 9.00. The van der Waals surface area contributed by atoms with E-state index in [2.05, 4.69) is 4.98 Å². The molecule has 5 heteroatoms. The van der Waals surface area contributed by atoms with Crippen molar-refractivity contribution in [2.75, 3.05) is 14.1 Å². The number of fused-ring (bicyclic) bond motifs is 1. The number of nitrogens with zero attached hydrogens (tertiary/aromatic N) is 3. The Balaban J connectivity index is 2.56. The Labute approximate surface area is 106 Å². The number of hydrogen-bond acceptors (Lipinski definition) is 3. The molecule has 5 nitrogen and oxygen atoms in total. The highest BCUT2D eigenvalue weighted by Gasteiger charge is 2.13. The van der Waals surface area contributed by atoms with Crippen molar-refractivity contribution in [3.8, 4) is 0 Å². The van der Waals surface area contributed by atoms with Gasteiger partial charge >= 0.3 is 5.97 Å². The minimum Gasteiger partial charge on any atom is -0.480 e. The summed E-state index contributed by atoms with van der Waals surface area (Å²) < 4.78 is 1.76. The van der Waals surface area contributed by atoms with Gasteiger partial charge in [0.25, 0.3) is 0 Å². The number of imidazole rings is 1. The van der Waals surface area contributed by atoms with Gasteiger partial charge in [-0.25, -0.2) is 4.98 Å². The maximum Gasteiger partial charge on any atom is 0.323 e. The summed E-state index contributed by atoms with van der Waals surface area (Å²) in [6, 6.07) is 5.88. The van der Waals surface area contributed by atoms with Crippen LogP contribution in [0.3, 0.4) is 0 Å². The van der Waals surface area contributed by atoms with Gasteiger partial charge in [0, 0.05) is 0 Å². The Morgan fingerprint density at radius 3 is 2.78 bits per heavy atom. The zero-order valence-electron chi connectivity index (χ0n) is 10.8. The molecule has 1 aromatic carbocycles. The van der Waals surface area contributed by atoms with Crippen LogP contribution in [0.1, 0.15) is 11.4 Å². The Bertz CT molecular complexity index is 587. The van der Waals surface area contributed by atoms with Crippen LogP contribution in [0.4, 0.5) is 0 Å². The third-order valence-electron chi connectivity index (χ3n) is 2.73. The van der Waals surface area contributed by atoms with Crippen LogP contribution in [-0.2, 0) is 17.9 Å². The van der Waals surface area contributed by atoms with Gasteiger partial charge in [-0.1, -0.05) is 6.07 Å². The van der Waals surface area contributed by atoms with Crippen LogP contribution in [0.15, 0.2) is 18.2 Å². The number of hydrogen-bond donors (Lipinski definition) is 1. The maximum atomic E-state index is 11.0. The van der Waals surface area contributed by atoms with E-state index in [0.29, 0.717) is 6.54 Å². The van der Waals surface area contributed by atoms with Crippen molar-refractivity contribution in [3.63, 3.8) is 0 Å². The molecule has 0 radical (unpaired) electrons. The number of rotatable bonds is 4. The molecule has 96 valence electrons. The molecule has 0 unspecified atom stereocenters. The fourth-order valence-electron chi connectivity index (χ4n) is 2.00. The fraction of sp³-hybridized carbons (Fsp3) is 0.385. The first-order valence-corrected chi connectivity index (χ1v) is 5.79. The summed E-state index contributed by atoms with van der Waals surface area (Å²) in [5.41, 5.74) is 2.85. The van der Waals surface area contributed by atoms with Gasteiger partial charge in [0.05, 0.1) is 17.6 Å². The molecule has 0 amide bonds. The zero-order chi connectivity index (χ0) is 13.3. The molecule has 1 aromatic heterocycles. The topological polar surface area (TPSA) is 58.4 Å². The zero-order valence-corrected chi connectivity index (χ0v) is 10.8. The molecule has 0 atom stereocenters. The second-order valence-corrected chi connectivity index (χ2v) is 4.74. The van der Waals surface area contributed by atoms with Crippen molar-refractivity contribution in [3.05, 3.63) is 29.6 Å². The van der Waals surface area contributed by atoms with Crippen molar-refractivity contribution < 1.29 is 9.90 Å². The van der Waals surface area contributed by atoms with Gasteiger partial charge in [-0.05, 0) is 38.7 Å². The Morgan fingerprint density at radius 1 is 1.44 bits per heavy atom. The minimum absolute atomic E-state index is 0.0528. The summed E-state index contributed by atoms with van der Waals surface area (Å²) in [7, 11) is 3.88. The third kappa shape index (κ3) is 2.51. The molecule has 0 bridgehead atoms. The molecule has 2 aromatic rings. The summed E-state index contributed by atoms with van der Waals surface area (Å²) in [6.07, 6.45) is 0. The van der Waals surface area contributed by atoms with Crippen molar-refractivity contribution >= 4 is 17.0 Å². The largest absolute Gasteiger partial charge is 0.480 e. The number of aryl methyl sites for hydroxylation is 1. The number of carboxylic acids is 1. The first-order chi connectivity index (χ1) is 8.47. The van der Waals surface area contributed by atoms with E-state index >= 15 is 0 Å². The predicted octanol–water partition coefficient (Wildman–Crippen LogP) is 1.49. The van der Waals surface area contributed by atoms with Crippen LogP contribution in [0.5, 0.6) is 0 Å². The normalized spacial score (nSPS) is 11.3. The standard InChI is InChI=1S/C13H17N3O2/c1-9-4-5-11-10(6-9)14-12(7-15(2)3)16(11)8-13(17)18/h4-6H,7-8H2,1-3H3,(H,17,18). The second kappa shape index (κ2) is 4.78. The smallest absolute Gasteiger partial charge is 0.323 e. The first-order valence-electron chi connectivity index (χ1n) is 5.79. The Kier molecular flexibility index (Phi) is 3.34. The lowest BCUT2D eigenvalue weighted by Gasteiger charge is -2.11. The molecule has 1 heterocycles. The van der Waals surface area contributed by atoms with E-state index in [1.165, 1.54) is 0 Å². The molecule has 0 saturated carbocycles. The molecule has 18 heavy (non-hydrogen) atoms. The Hall–Kier alpha value is -1.88. The van der Waals surface area contributed by atoms with Crippen LogP contribution >= 0.6 is 0 Å². The maximum absolute atomic E-state index is 11.0.